The van der Waals surface area contributed by atoms with Crippen LogP contribution in [-0.2, 0) is 0 Å². The summed E-state index contributed by atoms with van der Waals surface area (Å²) in [5.74, 6) is 0. The molecular weight excluding hydrogens is 773 g/mol. The van der Waals surface area contributed by atoms with Crippen LogP contribution < -0.4 is 9.80 Å². The number of anilines is 5. The Morgan fingerprint density at radius 3 is 1.52 bits per heavy atom. The van der Waals surface area contributed by atoms with E-state index < -0.39 is 0 Å². The molecule has 1 atom stereocenters. The summed E-state index contributed by atoms with van der Waals surface area (Å²) in [5, 5.41) is 0. The maximum absolute atomic E-state index is 2.52. The van der Waals surface area contributed by atoms with E-state index in [2.05, 4.69) is 234 Å². The molecule has 5 aromatic rings. The van der Waals surface area contributed by atoms with Crippen molar-refractivity contribution in [3.8, 4) is 0 Å². The van der Waals surface area contributed by atoms with Crippen molar-refractivity contribution in [1.82, 2.24) is 0 Å². The molecule has 2 heteroatoms. The zero-order valence-electron chi connectivity index (χ0n) is 36.7. The molecule has 0 radical (unpaired) electrons. The Morgan fingerprint density at radius 1 is 0.375 bits per heavy atom. The maximum atomic E-state index is 2.52. The van der Waals surface area contributed by atoms with Crippen molar-refractivity contribution in [2.24, 2.45) is 0 Å². The van der Waals surface area contributed by atoms with Gasteiger partial charge in [-0.1, -0.05) is 164 Å². The Hall–Kier alpha value is -7.16. The highest BCUT2D eigenvalue weighted by molar-refractivity contribution is 5.84. The van der Waals surface area contributed by atoms with Crippen LogP contribution in [-0.4, -0.2) is 6.04 Å². The number of nitrogens with zero attached hydrogens (tertiary/aromatic N) is 2. The zero-order valence-corrected chi connectivity index (χ0v) is 36.7. The minimum absolute atomic E-state index is 0.185. The van der Waals surface area contributed by atoms with E-state index in [-0.39, 0.29) is 6.04 Å². The van der Waals surface area contributed by atoms with Gasteiger partial charge >= 0.3 is 0 Å². The van der Waals surface area contributed by atoms with Gasteiger partial charge in [0.15, 0.2) is 0 Å². The highest BCUT2D eigenvalue weighted by Gasteiger charge is 2.22. The number of hydrogen-bond donors (Lipinski definition) is 0. The van der Waals surface area contributed by atoms with Gasteiger partial charge in [0.1, 0.15) is 0 Å². The van der Waals surface area contributed by atoms with Gasteiger partial charge in [-0.05, 0) is 174 Å². The molecule has 0 saturated carbocycles. The molecule has 0 aliphatic heterocycles. The topological polar surface area (TPSA) is 6.48 Å². The fourth-order valence-electron chi connectivity index (χ4n) is 9.55. The quantitative estimate of drug-likeness (QED) is 0.131. The van der Waals surface area contributed by atoms with Gasteiger partial charge in [-0.2, -0.15) is 0 Å². The molecule has 0 N–H and O–H groups in total. The van der Waals surface area contributed by atoms with E-state index in [4.69, 9.17) is 0 Å². The highest BCUT2D eigenvalue weighted by atomic mass is 15.2. The number of hydrogen-bond acceptors (Lipinski definition) is 2. The van der Waals surface area contributed by atoms with E-state index >= 15 is 0 Å². The third-order valence-electron chi connectivity index (χ3n) is 13.0. The van der Waals surface area contributed by atoms with E-state index in [0.717, 1.165) is 49.2 Å². The van der Waals surface area contributed by atoms with Gasteiger partial charge in [0.05, 0.1) is 6.04 Å². The second-order valence-electron chi connectivity index (χ2n) is 17.2. The van der Waals surface area contributed by atoms with Gasteiger partial charge in [-0.3, -0.25) is 0 Å². The molecule has 5 aromatic carbocycles. The van der Waals surface area contributed by atoms with Gasteiger partial charge in [0, 0.05) is 28.4 Å². The predicted molar refractivity (Wildman–Crippen MR) is 276 cm³/mol. The fourth-order valence-corrected chi connectivity index (χ4v) is 9.55. The zero-order chi connectivity index (χ0) is 42.9. The summed E-state index contributed by atoms with van der Waals surface area (Å²) >= 11 is 0. The molecular formula is C62H56N2. The van der Waals surface area contributed by atoms with Crippen LogP contribution in [0.1, 0.15) is 85.6 Å². The van der Waals surface area contributed by atoms with Gasteiger partial charge in [-0.15, -0.1) is 0 Å². The first-order valence-corrected chi connectivity index (χ1v) is 23.4. The van der Waals surface area contributed by atoms with Crippen LogP contribution in [0.4, 0.5) is 28.4 Å². The normalized spacial score (nSPS) is 18.0. The Kier molecular flexibility index (Phi) is 12.4. The molecule has 0 fully saturated rings. The first kappa shape index (κ1) is 40.9. The summed E-state index contributed by atoms with van der Waals surface area (Å²) in [7, 11) is 0. The van der Waals surface area contributed by atoms with Crippen molar-refractivity contribution in [2.45, 2.75) is 63.8 Å². The van der Waals surface area contributed by atoms with Crippen molar-refractivity contribution in [3.05, 3.63) is 252 Å². The van der Waals surface area contributed by atoms with Crippen molar-refractivity contribution >= 4 is 56.3 Å². The van der Waals surface area contributed by atoms with Crippen LogP contribution in [0, 0.1) is 0 Å². The van der Waals surface area contributed by atoms with E-state index in [9.17, 15) is 0 Å². The maximum Gasteiger partial charge on any atom is 0.0560 e. The van der Waals surface area contributed by atoms with Gasteiger partial charge < -0.3 is 9.80 Å². The minimum Gasteiger partial charge on any atom is -0.334 e. The van der Waals surface area contributed by atoms with Crippen LogP contribution in [0.5, 0.6) is 0 Å². The third kappa shape index (κ3) is 9.29. The number of benzene rings is 5. The highest BCUT2D eigenvalue weighted by Crippen LogP contribution is 2.39. The Bertz CT molecular complexity index is 2790. The molecule has 0 heterocycles. The summed E-state index contributed by atoms with van der Waals surface area (Å²) < 4.78 is 0. The molecule has 5 aliphatic rings. The van der Waals surface area contributed by atoms with Crippen LogP contribution in [0.3, 0.4) is 0 Å². The minimum atomic E-state index is 0.185. The van der Waals surface area contributed by atoms with Crippen molar-refractivity contribution in [1.29, 1.82) is 0 Å². The monoisotopic (exact) mass is 828 g/mol. The predicted octanol–water partition coefficient (Wildman–Crippen LogP) is 17.2. The first-order chi connectivity index (χ1) is 31.7. The Labute approximate surface area is 380 Å². The molecule has 1 unspecified atom stereocenters. The molecule has 0 saturated heterocycles. The molecule has 0 aromatic heterocycles. The summed E-state index contributed by atoms with van der Waals surface area (Å²) in [6.45, 7) is 0. The summed E-state index contributed by atoms with van der Waals surface area (Å²) in [4.78, 5) is 4.89. The molecule has 2 nitrogen and oxygen atoms in total. The Balaban J connectivity index is 0.920. The third-order valence-corrected chi connectivity index (χ3v) is 13.0. The molecule has 0 spiro atoms. The van der Waals surface area contributed by atoms with Gasteiger partial charge in [0.2, 0.25) is 0 Å². The van der Waals surface area contributed by atoms with E-state index in [1.54, 1.807) is 0 Å². The van der Waals surface area contributed by atoms with E-state index in [1.165, 1.54) is 92.7 Å². The lowest BCUT2D eigenvalue weighted by Crippen LogP contribution is -2.30. The SMILES string of the molecule is C1=CCC=CC(c2ccc(N(c3ccc(C4=CCC=CC=C4)cc3)c3ccc(C4=CCC(N(c5ccc(C6=CCCC=C6)cc5)c5ccc(C6=CCCCC6)cc5)C=C4)cc3)cc2)=C1. The molecule has 314 valence electrons. The fraction of sp³-hybridized carbons (Fsp3) is 0.161. The van der Waals surface area contributed by atoms with E-state index in [0.29, 0.717) is 0 Å². The molecule has 0 bridgehead atoms. The summed E-state index contributed by atoms with van der Waals surface area (Å²) in [6.07, 6.45) is 48.5. The number of allylic oxidation sites excluding steroid dienone is 20. The second-order valence-corrected chi connectivity index (χ2v) is 17.2. The van der Waals surface area contributed by atoms with E-state index in [1.807, 2.05) is 0 Å². The van der Waals surface area contributed by atoms with Crippen LogP contribution in [0.25, 0.3) is 27.9 Å². The van der Waals surface area contributed by atoms with Crippen LogP contribution in [0.2, 0.25) is 0 Å². The average molecular weight is 829 g/mol. The summed E-state index contributed by atoms with van der Waals surface area (Å²) in [6, 6.07) is 45.8. The largest absolute Gasteiger partial charge is 0.334 e. The second kappa shape index (κ2) is 19.5. The molecule has 0 amide bonds. The summed E-state index contributed by atoms with van der Waals surface area (Å²) in [5.41, 5.74) is 18.7. The van der Waals surface area contributed by atoms with Gasteiger partial charge in [0.25, 0.3) is 0 Å². The first-order valence-electron chi connectivity index (χ1n) is 23.4. The molecule has 64 heavy (non-hydrogen) atoms. The lowest BCUT2D eigenvalue weighted by molar-refractivity contribution is 0.742. The van der Waals surface area contributed by atoms with Crippen molar-refractivity contribution in [3.63, 3.8) is 0 Å². The lowest BCUT2D eigenvalue weighted by Gasteiger charge is -2.33. The van der Waals surface area contributed by atoms with Crippen molar-refractivity contribution in [2.75, 3.05) is 9.80 Å². The average Bonchev–Trinajstić information content (AvgIpc) is 3.83. The molecule has 10 rings (SSSR count). The standard InChI is InChI=1S/C62H56N2/c1-2-8-16-47(15-7-1)51-23-35-57(36-24-51)63(58-37-25-52(26-38-58)48-17-9-3-4-10-18-48)61-43-31-55(32-44-61)56-33-45-62(46-34-56)64(59-39-27-53(28-40-59)49-19-11-5-12-20-49)60-41-29-54(30-42-60)50-21-13-6-14-22-50/h1-3,7,9-11,15-21,23-45,62H,4-6,8,12-14,22,46H2. The van der Waals surface area contributed by atoms with Crippen LogP contribution in [0.15, 0.2) is 225 Å². The molecule has 5 aliphatic carbocycles. The number of rotatable bonds is 11. The lowest BCUT2D eigenvalue weighted by atomic mass is 9.93. The van der Waals surface area contributed by atoms with Crippen molar-refractivity contribution < 1.29 is 0 Å². The smallest absolute Gasteiger partial charge is 0.0560 e. The van der Waals surface area contributed by atoms with Crippen LogP contribution >= 0.6 is 0 Å². The van der Waals surface area contributed by atoms with Gasteiger partial charge in [-0.25, -0.2) is 0 Å². The Morgan fingerprint density at radius 2 is 0.938 bits per heavy atom.